The minimum Gasteiger partial charge on any atom is -0.388 e. The molecule has 0 bridgehead atoms. The summed E-state index contributed by atoms with van der Waals surface area (Å²) in [5.41, 5.74) is 3.49. The number of halogens is 3. The molecular formula is C26H31F3N2O3. The van der Waals surface area contributed by atoms with Gasteiger partial charge in [-0.2, -0.15) is 13.2 Å². The first-order valence-electron chi connectivity index (χ1n) is 11.6. The molecule has 3 heterocycles. The second-order valence-electron chi connectivity index (χ2n) is 10.3. The molecule has 1 aliphatic carbocycles. The number of hydrogen-bond donors (Lipinski definition) is 2. The molecule has 4 rings (SSSR count). The third kappa shape index (κ3) is 4.76. The van der Waals surface area contributed by atoms with Crippen molar-refractivity contribution in [3.05, 3.63) is 63.7 Å². The van der Waals surface area contributed by atoms with Crippen LogP contribution in [-0.4, -0.2) is 33.4 Å². The molecule has 2 aliphatic rings. The number of fused-ring (bicyclic) bond motifs is 1. The van der Waals surface area contributed by atoms with E-state index in [2.05, 4.69) is 18.8 Å². The number of aliphatic hydroxyl groups excluding tert-OH is 2. The lowest BCUT2D eigenvalue weighted by Crippen LogP contribution is -2.30. The van der Waals surface area contributed by atoms with E-state index in [9.17, 15) is 23.4 Å². The van der Waals surface area contributed by atoms with E-state index in [4.69, 9.17) is 9.72 Å². The third-order valence-corrected chi connectivity index (χ3v) is 6.60. The molecular weight excluding hydrogens is 445 g/mol. The van der Waals surface area contributed by atoms with E-state index in [-0.39, 0.29) is 17.0 Å². The number of pyridine rings is 2. The number of hydrogen-bond acceptors (Lipinski definition) is 5. The monoisotopic (exact) mass is 476 g/mol. The molecule has 8 heteroatoms. The summed E-state index contributed by atoms with van der Waals surface area (Å²) in [5.74, 6) is -0.0641. The maximum absolute atomic E-state index is 13.1. The van der Waals surface area contributed by atoms with Crippen LogP contribution in [0.1, 0.15) is 98.0 Å². The minimum atomic E-state index is -4.51. The molecule has 0 radical (unpaired) electrons. The first-order chi connectivity index (χ1) is 15.9. The van der Waals surface area contributed by atoms with Gasteiger partial charge in [-0.3, -0.25) is 9.97 Å². The maximum Gasteiger partial charge on any atom is 0.417 e. The Labute approximate surface area is 197 Å². The van der Waals surface area contributed by atoms with Crippen LogP contribution in [0.3, 0.4) is 0 Å². The van der Waals surface area contributed by atoms with E-state index < -0.39 is 23.9 Å². The molecule has 2 aromatic heterocycles. The second kappa shape index (κ2) is 9.06. The number of aliphatic hydroxyl groups is 2. The van der Waals surface area contributed by atoms with Gasteiger partial charge in [0.1, 0.15) is 6.10 Å². The van der Waals surface area contributed by atoms with Crippen molar-refractivity contribution in [3.8, 4) is 0 Å². The predicted octanol–water partition coefficient (Wildman–Crippen LogP) is 5.51. The first-order valence-corrected chi connectivity index (χ1v) is 11.6. The number of rotatable bonds is 4. The van der Waals surface area contributed by atoms with Gasteiger partial charge in [0.15, 0.2) is 0 Å². The summed E-state index contributed by atoms with van der Waals surface area (Å²) in [4.78, 5) is 8.89. The van der Waals surface area contributed by atoms with Gasteiger partial charge in [0.05, 0.1) is 36.3 Å². The van der Waals surface area contributed by atoms with Gasteiger partial charge >= 0.3 is 6.18 Å². The van der Waals surface area contributed by atoms with Crippen molar-refractivity contribution < 1.29 is 28.1 Å². The van der Waals surface area contributed by atoms with Crippen LogP contribution in [-0.2, 0) is 17.3 Å². The van der Waals surface area contributed by atoms with Gasteiger partial charge in [0, 0.05) is 23.0 Å². The maximum atomic E-state index is 13.1. The Bertz CT molecular complexity index is 1090. The molecule has 34 heavy (non-hydrogen) atoms. The quantitative estimate of drug-likeness (QED) is 0.609. The van der Waals surface area contributed by atoms with Crippen LogP contribution in [0, 0.1) is 5.41 Å². The zero-order valence-electron chi connectivity index (χ0n) is 19.9. The number of nitrogens with zero attached hydrogens (tertiary/aromatic N) is 2. The summed E-state index contributed by atoms with van der Waals surface area (Å²) < 4.78 is 44.7. The Morgan fingerprint density at radius 2 is 1.94 bits per heavy atom. The average Bonchev–Trinajstić information content (AvgIpc) is 2.76. The topological polar surface area (TPSA) is 75.5 Å². The van der Waals surface area contributed by atoms with Crippen LogP contribution >= 0.6 is 0 Å². The number of alkyl halides is 3. The number of ether oxygens (including phenoxy) is 1. The summed E-state index contributed by atoms with van der Waals surface area (Å²) in [6.07, 6.45) is -2.04. The third-order valence-electron chi connectivity index (χ3n) is 6.60. The summed E-state index contributed by atoms with van der Waals surface area (Å²) in [6.45, 7) is 9.06. The lowest BCUT2D eigenvalue weighted by Gasteiger charge is -2.38. The normalized spacial score (nSPS) is 21.2. The largest absolute Gasteiger partial charge is 0.417 e. The molecule has 2 unspecified atom stereocenters. The fourth-order valence-corrected chi connectivity index (χ4v) is 5.03. The van der Waals surface area contributed by atoms with E-state index in [1.807, 2.05) is 19.9 Å². The highest BCUT2D eigenvalue weighted by molar-refractivity contribution is 5.74. The van der Waals surface area contributed by atoms with Gasteiger partial charge in [-0.25, -0.2) is 0 Å². The SMILES string of the molecule is CC(C)c1nc2c(c(C3=CCOCC3)c1C(O)c1ccc(C(F)(F)F)cn1)C(O)CC(C)(C)C2. The molecule has 2 atom stereocenters. The van der Waals surface area contributed by atoms with Crippen molar-refractivity contribution in [1.29, 1.82) is 0 Å². The summed E-state index contributed by atoms with van der Waals surface area (Å²) in [6, 6.07) is 2.13. The fraction of sp³-hybridized carbons (Fsp3) is 0.538. The lowest BCUT2D eigenvalue weighted by atomic mass is 9.71. The van der Waals surface area contributed by atoms with Crippen molar-refractivity contribution >= 4 is 5.57 Å². The molecule has 0 spiro atoms. The average molecular weight is 477 g/mol. The Kier molecular flexibility index (Phi) is 6.61. The van der Waals surface area contributed by atoms with Gasteiger partial charge in [0.25, 0.3) is 0 Å². The molecule has 2 N–H and O–H groups in total. The molecule has 0 fully saturated rings. The van der Waals surface area contributed by atoms with E-state index in [0.29, 0.717) is 49.3 Å². The minimum absolute atomic E-state index is 0.0641. The lowest BCUT2D eigenvalue weighted by molar-refractivity contribution is -0.137. The Morgan fingerprint density at radius 1 is 1.21 bits per heavy atom. The molecule has 2 aromatic rings. The van der Waals surface area contributed by atoms with E-state index >= 15 is 0 Å². The van der Waals surface area contributed by atoms with Gasteiger partial charge in [0.2, 0.25) is 0 Å². The highest BCUT2D eigenvalue weighted by Gasteiger charge is 2.38. The van der Waals surface area contributed by atoms with Crippen molar-refractivity contribution in [3.63, 3.8) is 0 Å². The summed E-state index contributed by atoms with van der Waals surface area (Å²) in [7, 11) is 0. The molecule has 0 saturated carbocycles. The van der Waals surface area contributed by atoms with Gasteiger partial charge in [-0.05, 0) is 53.9 Å². The van der Waals surface area contributed by atoms with Crippen LogP contribution in [0.2, 0.25) is 0 Å². The van der Waals surface area contributed by atoms with Gasteiger partial charge in [-0.1, -0.05) is 33.8 Å². The van der Waals surface area contributed by atoms with Crippen molar-refractivity contribution in [2.75, 3.05) is 13.2 Å². The van der Waals surface area contributed by atoms with Crippen LogP contribution in [0.4, 0.5) is 13.2 Å². The van der Waals surface area contributed by atoms with Crippen LogP contribution in [0.5, 0.6) is 0 Å². The zero-order valence-corrected chi connectivity index (χ0v) is 19.9. The Morgan fingerprint density at radius 3 is 2.50 bits per heavy atom. The molecule has 0 saturated heterocycles. The molecule has 0 amide bonds. The van der Waals surface area contributed by atoms with Crippen molar-refractivity contribution in [2.24, 2.45) is 5.41 Å². The van der Waals surface area contributed by atoms with E-state index in [1.54, 1.807) is 0 Å². The van der Waals surface area contributed by atoms with Crippen molar-refractivity contribution in [1.82, 2.24) is 9.97 Å². The molecule has 5 nitrogen and oxygen atoms in total. The Balaban J connectivity index is 1.95. The number of aromatic nitrogens is 2. The van der Waals surface area contributed by atoms with E-state index in [1.165, 1.54) is 6.07 Å². The fourth-order valence-electron chi connectivity index (χ4n) is 5.03. The molecule has 184 valence electrons. The molecule has 1 aliphatic heterocycles. The van der Waals surface area contributed by atoms with Crippen LogP contribution in [0.25, 0.3) is 5.57 Å². The van der Waals surface area contributed by atoms with Gasteiger partial charge in [-0.15, -0.1) is 0 Å². The first kappa shape index (κ1) is 24.8. The smallest absolute Gasteiger partial charge is 0.388 e. The van der Waals surface area contributed by atoms with Crippen LogP contribution < -0.4 is 0 Å². The summed E-state index contributed by atoms with van der Waals surface area (Å²) in [5, 5.41) is 22.7. The second-order valence-corrected chi connectivity index (χ2v) is 10.3. The van der Waals surface area contributed by atoms with Crippen molar-refractivity contribution in [2.45, 2.75) is 71.3 Å². The zero-order chi connectivity index (χ0) is 24.8. The highest BCUT2D eigenvalue weighted by Crippen LogP contribution is 2.47. The van der Waals surface area contributed by atoms with Crippen LogP contribution in [0.15, 0.2) is 24.4 Å². The Hall–Kier alpha value is -2.29. The highest BCUT2D eigenvalue weighted by atomic mass is 19.4. The predicted molar refractivity (Wildman–Crippen MR) is 122 cm³/mol. The van der Waals surface area contributed by atoms with E-state index in [0.717, 1.165) is 29.1 Å². The standard InChI is InChI=1S/C26H31F3N2O3/c1-14(2)23-22(24(33)17-6-5-16(13-30-17)26(27,28)29)20(15-7-9-34-10-8-15)21-18(31-23)11-25(3,4)12-19(21)32/h5-7,13-14,19,24,32-33H,8-12H2,1-4H3. The van der Waals surface area contributed by atoms with Gasteiger partial charge < -0.3 is 14.9 Å². The summed E-state index contributed by atoms with van der Waals surface area (Å²) >= 11 is 0. The molecule has 0 aromatic carbocycles.